The number of hydrogen-bond acceptors (Lipinski definition) is 2. The van der Waals surface area contributed by atoms with E-state index < -0.39 is 0 Å². The second-order valence-corrected chi connectivity index (χ2v) is 6.42. The van der Waals surface area contributed by atoms with E-state index in [-0.39, 0.29) is 11.4 Å². The van der Waals surface area contributed by atoms with Crippen LogP contribution in [0.4, 0.5) is 4.79 Å². The van der Waals surface area contributed by atoms with Gasteiger partial charge in [-0.1, -0.05) is 62.4 Å². The standard InChI is InChI=1S/C20H26N2O2/c1-20(2,17-10-5-4-6-11-17)15-22-19(23)21-14-13-16-9-7-8-12-18(16)24-3/h4-12H,13-15H2,1-3H3,(H2,21,22,23). The first-order valence-electron chi connectivity index (χ1n) is 8.22. The van der Waals surface area contributed by atoms with Crippen molar-refractivity contribution in [1.82, 2.24) is 10.6 Å². The van der Waals surface area contributed by atoms with Crippen molar-refractivity contribution in [2.75, 3.05) is 20.2 Å². The summed E-state index contributed by atoms with van der Waals surface area (Å²) in [5.74, 6) is 0.852. The van der Waals surface area contributed by atoms with Crippen LogP contribution in [0.15, 0.2) is 54.6 Å². The maximum Gasteiger partial charge on any atom is 0.314 e. The lowest BCUT2D eigenvalue weighted by atomic mass is 9.85. The Morgan fingerprint density at radius 2 is 1.67 bits per heavy atom. The predicted octanol–water partition coefficient (Wildman–Crippen LogP) is 3.51. The lowest BCUT2D eigenvalue weighted by Gasteiger charge is -2.25. The Morgan fingerprint density at radius 1 is 1.00 bits per heavy atom. The molecule has 2 N–H and O–H groups in total. The van der Waals surface area contributed by atoms with Crippen molar-refractivity contribution < 1.29 is 9.53 Å². The van der Waals surface area contributed by atoms with E-state index in [9.17, 15) is 4.79 Å². The summed E-state index contributed by atoms with van der Waals surface area (Å²) in [6.07, 6.45) is 0.736. The van der Waals surface area contributed by atoms with Crippen LogP contribution in [0.1, 0.15) is 25.0 Å². The number of hydrogen-bond donors (Lipinski definition) is 2. The van der Waals surface area contributed by atoms with Crippen LogP contribution in [0.5, 0.6) is 5.75 Å². The van der Waals surface area contributed by atoms with Gasteiger partial charge in [0.25, 0.3) is 0 Å². The molecule has 24 heavy (non-hydrogen) atoms. The molecule has 2 amide bonds. The normalized spacial score (nSPS) is 11.0. The van der Waals surface area contributed by atoms with Crippen molar-refractivity contribution in [1.29, 1.82) is 0 Å². The molecular weight excluding hydrogens is 300 g/mol. The monoisotopic (exact) mass is 326 g/mol. The van der Waals surface area contributed by atoms with Crippen molar-refractivity contribution in [2.24, 2.45) is 0 Å². The van der Waals surface area contributed by atoms with Gasteiger partial charge in [0.15, 0.2) is 0 Å². The van der Waals surface area contributed by atoms with Crippen LogP contribution >= 0.6 is 0 Å². The van der Waals surface area contributed by atoms with Crippen LogP contribution < -0.4 is 15.4 Å². The predicted molar refractivity (Wildman–Crippen MR) is 97.6 cm³/mol. The first-order valence-corrected chi connectivity index (χ1v) is 8.22. The van der Waals surface area contributed by atoms with Crippen LogP contribution in [0.3, 0.4) is 0 Å². The number of benzene rings is 2. The average molecular weight is 326 g/mol. The minimum absolute atomic E-state index is 0.110. The number of nitrogens with one attached hydrogen (secondary N) is 2. The summed E-state index contributed by atoms with van der Waals surface area (Å²) in [5.41, 5.74) is 2.19. The second-order valence-electron chi connectivity index (χ2n) is 6.42. The van der Waals surface area contributed by atoms with Gasteiger partial charge in [0.2, 0.25) is 0 Å². The molecule has 2 aromatic carbocycles. The smallest absolute Gasteiger partial charge is 0.314 e. The number of rotatable bonds is 7. The SMILES string of the molecule is COc1ccccc1CCNC(=O)NCC(C)(C)c1ccccc1. The fraction of sp³-hybridized carbons (Fsp3) is 0.350. The highest BCUT2D eigenvalue weighted by Gasteiger charge is 2.20. The molecule has 0 saturated heterocycles. The molecular formula is C20H26N2O2. The Kier molecular flexibility index (Phi) is 6.24. The van der Waals surface area contributed by atoms with E-state index in [0.717, 1.165) is 17.7 Å². The zero-order valence-electron chi connectivity index (χ0n) is 14.6. The largest absolute Gasteiger partial charge is 0.496 e. The number of methoxy groups -OCH3 is 1. The van der Waals surface area contributed by atoms with Gasteiger partial charge in [-0.25, -0.2) is 4.79 Å². The number of para-hydroxylation sites is 1. The molecule has 0 aliphatic carbocycles. The summed E-state index contributed by atoms with van der Waals surface area (Å²) in [6.45, 7) is 5.39. The average Bonchev–Trinajstić information content (AvgIpc) is 2.61. The molecule has 0 unspecified atom stereocenters. The lowest BCUT2D eigenvalue weighted by molar-refractivity contribution is 0.238. The Labute approximate surface area is 144 Å². The molecule has 128 valence electrons. The third kappa shape index (κ3) is 5.01. The molecule has 2 aromatic rings. The molecule has 0 radical (unpaired) electrons. The Bertz CT molecular complexity index is 654. The third-order valence-electron chi connectivity index (χ3n) is 4.12. The van der Waals surface area contributed by atoms with Crippen LogP contribution in [-0.2, 0) is 11.8 Å². The number of amides is 2. The van der Waals surface area contributed by atoms with Crippen LogP contribution in [0.2, 0.25) is 0 Å². The summed E-state index contributed by atoms with van der Waals surface area (Å²) < 4.78 is 5.32. The van der Waals surface area contributed by atoms with Gasteiger partial charge >= 0.3 is 6.03 Å². The zero-order chi connectivity index (χ0) is 17.4. The van der Waals surface area contributed by atoms with Crippen molar-refractivity contribution in [3.63, 3.8) is 0 Å². The summed E-state index contributed by atoms with van der Waals surface area (Å²) in [6, 6.07) is 17.9. The Morgan fingerprint density at radius 3 is 2.38 bits per heavy atom. The van der Waals surface area contributed by atoms with Crippen molar-refractivity contribution >= 4 is 6.03 Å². The highest BCUT2D eigenvalue weighted by molar-refractivity contribution is 5.74. The Balaban J connectivity index is 1.77. The molecule has 0 fully saturated rings. The van der Waals surface area contributed by atoms with E-state index in [1.54, 1.807) is 7.11 Å². The van der Waals surface area contributed by atoms with E-state index >= 15 is 0 Å². The quantitative estimate of drug-likeness (QED) is 0.818. The fourth-order valence-corrected chi connectivity index (χ4v) is 2.58. The van der Waals surface area contributed by atoms with Crippen molar-refractivity contribution in [3.8, 4) is 5.75 Å². The van der Waals surface area contributed by atoms with Crippen LogP contribution in [0.25, 0.3) is 0 Å². The molecule has 0 bridgehead atoms. The van der Waals surface area contributed by atoms with Gasteiger partial charge < -0.3 is 15.4 Å². The van der Waals surface area contributed by atoms with Gasteiger partial charge in [0, 0.05) is 18.5 Å². The highest BCUT2D eigenvalue weighted by Crippen LogP contribution is 2.21. The molecule has 0 saturated carbocycles. The van der Waals surface area contributed by atoms with Gasteiger partial charge in [-0.2, -0.15) is 0 Å². The summed E-state index contributed by atoms with van der Waals surface area (Å²) in [4.78, 5) is 12.0. The summed E-state index contributed by atoms with van der Waals surface area (Å²) in [7, 11) is 1.66. The van der Waals surface area contributed by atoms with E-state index in [1.165, 1.54) is 5.56 Å². The first-order chi connectivity index (χ1) is 11.5. The minimum atomic E-state index is -0.145. The van der Waals surface area contributed by atoms with E-state index in [0.29, 0.717) is 13.1 Å². The second kappa shape index (κ2) is 8.39. The van der Waals surface area contributed by atoms with E-state index in [2.05, 4.69) is 36.6 Å². The molecule has 2 rings (SSSR count). The van der Waals surface area contributed by atoms with Gasteiger partial charge in [0.1, 0.15) is 5.75 Å². The maximum absolute atomic E-state index is 12.0. The molecule has 0 aliphatic heterocycles. The van der Waals surface area contributed by atoms with Gasteiger partial charge in [-0.05, 0) is 23.6 Å². The highest BCUT2D eigenvalue weighted by atomic mass is 16.5. The molecule has 0 atom stereocenters. The minimum Gasteiger partial charge on any atom is -0.496 e. The number of carbonyl (C=O) groups excluding carboxylic acids is 1. The summed E-state index contributed by atoms with van der Waals surface area (Å²) in [5, 5.41) is 5.86. The summed E-state index contributed by atoms with van der Waals surface area (Å²) >= 11 is 0. The van der Waals surface area contributed by atoms with E-state index in [1.807, 2.05) is 42.5 Å². The third-order valence-corrected chi connectivity index (χ3v) is 4.12. The maximum atomic E-state index is 12.0. The molecule has 0 spiro atoms. The fourth-order valence-electron chi connectivity index (χ4n) is 2.58. The number of ether oxygens (including phenoxy) is 1. The molecule has 4 heteroatoms. The van der Waals surface area contributed by atoms with Crippen LogP contribution in [-0.4, -0.2) is 26.2 Å². The first kappa shape index (κ1) is 17.9. The number of carbonyl (C=O) groups is 1. The van der Waals surface area contributed by atoms with Gasteiger partial charge in [-0.3, -0.25) is 0 Å². The van der Waals surface area contributed by atoms with Crippen molar-refractivity contribution in [2.45, 2.75) is 25.7 Å². The lowest BCUT2D eigenvalue weighted by Crippen LogP contribution is -2.42. The molecule has 0 aromatic heterocycles. The molecule has 4 nitrogen and oxygen atoms in total. The van der Waals surface area contributed by atoms with Crippen LogP contribution in [0, 0.1) is 0 Å². The van der Waals surface area contributed by atoms with Gasteiger partial charge in [0.05, 0.1) is 7.11 Å². The zero-order valence-corrected chi connectivity index (χ0v) is 14.6. The van der Waals surface area contributed by atoms with Crippen molar-refractivity contribution in [3.05, 3.63) is 65.7 Å². The molecule has 0 heterocycles. The van der Waals surface area contributed by atoms with Gasteiger partial charge in [-0.15, -0.1) is 0 Å². The topological polar surface area (TPSA) is 50.4 Å². The van der Waals surface area contributed by atoms with E-state index in [4.69, 9.17) is 4.74 Å². The number of urea groups is 1. The molecule has 0 aliphatic rings. The Hall–Kier alpha value is -2.49.